The maximum absolute atomic E-state index is 12.0. The second-order valence-corrected chi connectivity index (χ2v) is 10.3. The minimum atomic E-state index is -0.688. The highest BCUT2D eigenvalue weighted by atomic mass is 16.6. The summed E-state index contributed by atoms with van der Waals surface area (Å²) in [6.45, 7) is 13.8. The second kappa shape index (κ2) is 8.05. The smallest absolute Gasteiger partial charge is 0.303 e. The molecular weight excluding hydrogens is 368 g/mol. The van der Waals surface area contributed by atoms with Crippen molar-refractivity contribution in [3.8, 4) is 0 Å². The van der Waals surface area contributed by atoms with Crippen molar-refractivity contribution >= 4 is 11.9 Å². The minimum Gasteiger partial charge on any atom is -0.459 e. The summed E-state index contributed by atoms with van der Waals surface area (Å²) in [5, 5.41) is 0. The van der Waals surface area contributed by atoms with E-state index in [0.717, 1.165) is 32.1 Å². The number of carbonyl (C=O) groups is 2. The monoisotopic (exact) mass is 406 g/mol. The molecule has 5 heteroatoms. The van der Waals surface area contributed by atoms with Crippen molar-refractivity contribution in [3.63, 3.8) is 0 Å². The molecule has 7 atom stereocenters. The van der Waals surface area contributed by atoms with E-state index in [1.54, 1.807) is 0 Å². The van der Waals surface area contributed by atoms with E-state index in [1.165, 1.54) is 19.4 Å². The summed E-state index contributed by atoms with van der Waals surface area (Å²) in [5.74, 6) is 0.698. The van der Waals surface area contributed by atoms with Gasteiger partial charge in [0.05, 0.1) is 6.10 Å². The van der Waals surface area contributed by atoms with Gasteiger partial charge in [-0.25, -0.2) is 0 Å². The Balaban J connectivity index is 2.11. The summed E-state index contributed by atoms with van der Waals surface area (Å²) < 4.78 is 18.7. The Hall–Kier alpha value is -1.36. The summed E-state index contributed by atoms with van der Waals surface area (Å²) in [6.07, 6.45) is 6.27. The molecule has 3 aliphatic rings. The zero-order valence-electron chi connectivity index (χ0n) is 19.1. The molecule has 0 unspecified atom stereocenters. The van der Waals surface area contributed by atoms with Crippen molar-refractivity contribution in [2.75, 3.05) is 0 Å². The van der Waals surface area contributed by atoms with Crippen LogP contribution in [-0.4, -0.2) is 35.3 Å². The molecule has 5 nitrogen and oxygen atoms in total. The number of rotatable bonds is 3. The van der Waals surface area contributed by atoms with Crippen LogP contribution in [0, 0.1) is 23.7 Å². The summed E-state index contributed by atoms with van der Waals surface area (Å²) in [4.78, 5) is 24.0. The lowest BCUT2D eigenvalue weighted by atomic mass is 9.57. The summed E-state index contributed by atoms with van der Waals surface area (Å²) >= 11 is 0. The van der Waals surface area contributed by atoms with Crippen LogP contribution in [0.3, 0.4) is 0 Å². The number of fused-ring (bicyclic) bond motifs is 5. The first-order valence-corrected chi connectivity index (χ1v) is 11.2. The fourth-order valence-corrected chi connectivity index (χ4v) is 6.44. The normalized spacial score (nSPS) is 44.0. The zero-order chi connectivity index (χ0) is 21.6. The molecule has 0 amide bonds. The summed E-state index contributed by atoms with van der Waals surface area (Å²) in [6, 6.07) is 0. The summed E-state index contributed by atoms with van der Waals surface area (Å²) in [7, 11) is 0. The second-order valence-electron chi connectivity index (χ2n) is 10.3. The molecule has 1 saturated carbocycles. The molecule has 0 N–H and O–H groups in total. The Morgan fingerprint density at radius 2 is 1.72 bits per heavy atom. The Morgan fingerprint density at radius 3 is 2.31 bits per heavy atom. The average Bonchev–Trinajstić information content (AvgIpc) is 2.95. The first-order valence-electron chi connectivity index (χ1n) is 11.2. The molecule has 29 heavy (non-hydrogen) atoms. The van der Waals surface area contributed by atoms with Crippen molar-refractivity contribution in [1.29, 1.82) is 0 Å². The lowest BCUT2D eigenvalue weighted by molar-refractivity contribution is -0.181. The van der Waals surface area contributed by atoms with Gasteiger partial charge in [0.25, 0.3) is 0 Å². The molecule has 0 aromatic carbocycles. The number of esters is 2. The van der Waals surface area contributed by atoms with E-state index in [2.05, 4.69) is 33.8 Å². The van der Waals surface area contributed by atoms with Crippen LogP contribution < -0.4 is 0 Å². The van der Waals surface area contributed by atoms with Crippen LogP contribution in [0.4, 0.5) is 0 Å². The Morgan fingerprint density at radius 1 is 1.10 bits per heavy atom. The molecule has 3 rings (SSSR count). The largest absolute Gasteiger partial charge is 0.459 e. The average molecular weight is 407 g/mol. The molecule has 2 bridgehead atoms. The summed E-state index contributed by atoms with van der Waals surface area (Å²) in [5.41, 5.74) is 0.0442. The number of ether oxygens (including phenoxy) is 3. The van der Waals surface area contributed by atoms with E-state index in [-0.39, 0.29) is 36.0 Å². The van der Waals surface area contributed by atoms with E-state index < -0.39 is 11.2 Å². The topological polar surface area (TPSA) is 61.8 Å². The third-order valence-corrected chi connectivity index (χ3v) is 7.53. The van der Waals surface area contributed by atoms with Gasteiger partial charge in [-0.05, 0) is 64.7 Å². The van der Waals surface area contributed by atoms with E-state index in [4.69, 9.17) is 14.2 Å². The Labute approximate surface area is 175 Å². The lowest BCUT2D eigenvalue weighted by Crippen LogP contribution is -2.56. The van der Waals surface area contributed by atoms with E-state index >= 15 is 0 Å². The quantitative estimate of drug-likeness (QED) is 0.496. The maximum atomic E-state index is 12.0. The SMILES string of the molecule is CC(=O)O[C@]1(C)CC[C@H](C(C)C)[C@@H]2[C@H]1[C@H]1C/C(C)=C\CC[C@@](C)(OC(C)=O)[C@@H]2O1. The number of hydrogen-bond acceptors (Lipinski definition) is 5. The molecule has 1 saturated heterocycles. The molecule has 0 aromatic rings. The van der Waals surface area contributed by atoms with Gasteiger partial charge in [-0.15, -0.1) is 0 Å². The highest BCUT2D eigenvalue weighted by molar-refractivity contribution is 5.67. The molecule has 164 valence electrons. The van der Waals surface area contributed by atoms with Gasteiger partial charge in [0.1, 0.15) is 17.3 Å². The third-order valence-electron chi connectivity index (χ3n) is 7.53. The van der Waals surface area contributed by atoms with Crippen molar-refractivity contribution in [1.82, 2.24) is 0 Å². The van der Waals surface area contributed by atoms with Gasteiger partial charge in [-0.2, -0.15) is 0 Å². The number of allylic oxidation sites excluding steroid dienone is 1. The first-order chi connectivity index (χ1) is 13.5. The van der Waals surface area contributed by atoms with Gasteiger partial charge in [0, 0.05) is 25.7 Å². The molecule has 2 aliphatic heterocycles. The number of carbonyl (C=O) groups excluding carboxylic acids is 2. The highest BCUT2D eigenvalue weighted by Gasteiger charge is 2.63. The molecule has 2 heterocycles. The lowest BCUT2D eigenvalue weighted by Gasteiger charge is -2.50. The van der Waals surface area contributed by atoms with Crippen LogP contribution in [0.5, 0.6) is 0 Å². The van der Waals surface area contributed by atoms with Gasteiger partial charge in [0.2, 0.25) is 0 Å². The fourth-order valence-electron chi connectivity index (χ4n) is 6.44. The third kappa shape index (κ3) is 4.26. The van der Waals surface area contributed by atoms with Crippen LogP contribution in [0.1, 0.15) is 80.6 Å². The Bertz CT molecular complexity index is 683. The molecule has 2 fully saturated rings. The van der Waals surface area contributed by atoms with Gasteiger partial charge < -0.3 is 14.2 Å². The first kappa shape index (κ1) is 22.3. The van der Waals surface area contributed by atoms with Crippen molar-refractivity contribution < 1.29 is 23.8 Å². The van der Waals surface area contributed by atoms with Gasteiger partial charge >= 0.3 is 11.9 Å². The molecular formula is C24H38O5. The maximum Gasteiger partial charge on any atom is 0.303 e. The van der Waals surface area contributed by atoms with Crippen LogP contribution in [0.15, 0.2) is 11.6 Å². The van der Waals surface area contributed by atoms with Crippen molar-refractivity contribution in [3.05, 3.63) is 11.6 Å². The van der Waals surface area contributed by atoms with Crippen LogP contribution in [0.2, 0.25) is 0 Å². The molecule has 0 radical (unpaired) electrons. The highest BCUT2D eigenvalue weighted by Crippen LogP contribution is 2.57. The van der Waals surface area contributed by atoms with E-state index in [9.17, 15) is 9.59 Å². The predicted molar refractivity (Wildman–Crippen MR) is 111 cm³/mol. The zero-order valence-corrected chi connectivity index (χ0v) is 19.1. The van der Waals surface area contributed by atoms with Crippen LogP contribution in [0.25, 0.3) is 0 Å². The minimum absolute atomic E-state index is 0.0415. The van der Waals surface area contributed by atoms with Crippen molar-refractivity contribution in [2.45, 2.75) is 104 Å². The molecule has 0 aromatic heterocycles. The fraction of sp³-hybridized carbons (Fsp3) is 0.833. The molecule has 1 aliphatic carbocycles. The predicted octanol–water partition coefficient (Wildman–Crippen LogP) is 4.83. The molecule has 0 spiro atoms. The van der Waals surface area contributed by atoms with E-state index in [0.29, 0.717) is 11.8 Å². The van der Waals surface area contributed by atoms with E-state index in [1.807, 2.05) is 6.92 Å². The van der Waals surface area contributed by atoms with Gasteiger partial charge in [-0.3, -0.25) is 9.59 Å². The van der Waals surface area contributed by atoms with Crippen molar-refractivity contribution in [2.24, 2.45) is 23.7 Å². The van der Waals surface area contributed by atoms with Gasteiger partial charge in [-0.1, -0.05) is 25.5 Å². The van der Waals surface area contributed by atoms with Crippen LogP contribution in [-0.2, 0) is 23.8 Å². The standard InChI is InChI=1S/C24H38O5/c1-14(2)18-10-12-23(6,28-16(4)25)21-19-13-15(3)9-8-11-24(7,29-17(5)26)22(27-19)20(18)21/h9,14,18-22H,8,10-13H2,1-7H3/b15-9-/t18-,19-,20-,21-,22-,23-,24-/m1/s1. The van der Waals surface area contributed by atoms with Crippen LogP contribution >= 0.6 is 0 Å². The Kier molecular flexibility index (Phi) is 6.20. The number of hydrogen-bond donors (Lipinski definition) is 0. The van der Waals surface area contributed by atoms with Gasteiger partial charge in [0.15, 0.2) is 0 Å².